The fourth-order valence-electron chi connectivity index (χ4n) is 3.51. The van der Waals surface area contributed by atoms with Crippen LogP contribution in [0.25, 0.3) is 33.3 Å². The van der Waals surface area contributed by atoms with Crippen molar-refractivity contribution in [1.29, 1.82) is 0 Å². The van der Waals surface area contributed by atoms with Crippen LogP contribution < -0.4 is 5.73 Å². The van der Waals surface area contributed by atoms with Gasteiger partial charge in [0.25, 0.3) is 0 Å². The Labute approximate surface area is 158 Å². The minimum absolute atomic E-state index is 0.320. The van der Waals surface area contributed by atoms with Crippen molar-refractivity contribution < 1.29 is 8.42 Å². The largest absolute Gasteiger partial charge is 0.354 e. The maximum Gasteiger partial charge on any atom is 0.176 e. The number of aromatic amines is 1. The normalized spacial score (nSPS) is 11.8. The summed E-state index contributed by atoms with van der Waals surface area (Å²) in [7, 11) is -3.33. The third kappa shape index (κ3) is 3.16. The summed E-state index contributed by atoms with van der Waals surface area (Å²) in [5.74, 6) is 0. The van der Waals surface area contributed by atoms with Gasteiger partial charge < -0.3 is 10.7 Å². The SMILES string of the molecule is CS(=O)(=O)c1ccccc1-c1cc2c(-c3ccccc3CN)cccc2[nH]1. The minimum Gasteiger partial charge on any atom is -0.354 e. The average Bonchev–Trinajstić information content (AvgIpc) is 3.11. The molecule has 27 heavy (non-hydrogen) atoms. The molecule has 1 heterocycles. The third-order valence-electron chi connectivity index (χ3n) is 4.77. The molecular formula is C22H20N2O2S. The number of nitrogens with two attached hydrogens (primary N) is 1. The maximum atomic E-state index is 12.2. The third-order valence-corrected chi connectivity index (χ3v) is 5.92. The molecule has 0 aliphatic heterocycles. The number of nitrogens with one attached hydrogen (secondary N) is 1. The van der Waals surface area contributed by atoms with Crippen LogP contribution in [-0.4, -0.2) is 19.7 Å². The second-order valence-corrected chi connectivity index (χ2v) is 8.56. The summed E-state index contributed by atoms with van der Waals surface area (Å²) in [6.45, 7) is 0.459. The Morgan fingerprint density at radius 1 is 0.852 bits per heavy atom. The van der Waals surface area contributed by atoms with Crippen LogP contribution in [0.4, 0.5) is 0 Å². The number of benzene rings is 3. The number of H-pyrrole nitrogens is 1. The summed E-state index contributed by atoms with van der Waals surface area (Å²) >= 11 is 0. The van der Waals surface area contributed by atoms with Gasteiger partial charge in [-0.2, -0.15) is 0 Å². The first kappa shape index (κ1) is 17.5. The molecule has 0 saturated heterocycles. The zero-order valence-corrected chi connectivity index (χ0v) is 15.8. The molecule has 0 aliphatic rings. The van der Waals surface area contributed by atoms with Crippen LogP contribution in [0.1, 0.15) is 5.56 Å². The summed E-state index contributed by atoms with van der Waals surface area (Å²) in [5.41, 5.74) is 11.6. The van der Waals surface area contributed by atoms with Gasteiger partial charge in [-0.3, -0.25) is 0 Å². The predicted molar refractivity (Wildman–Crippen MR) is 110 cm³/mol. The highest BCUT2D eigenvalue weighted by molar-refractivity contribution is 7.90. The zero-order valence-electron chi connectivity index (χ0n) is 14.9. The molecule has 0 aliphatic carbocycles. The molecule has 0 fully saturated rings. The summed E-state index contributed by atoms with van der Waals surface area (Å²) in [5, 5.41) is 1.04. The van der Waals surface area contributed by atoms with Gasteiger partial charge in [-0.1, -0.05) is 54.6 Å². The van der Waals surface area contributed by atoms with Crippen LogP contribution >= 0.6 is 0 Å². The van der Waals surface area contributed by atoms with Crippen LogP contribution in [0.15, 0.2) is 77.7 Å². The van der Waals surface area contributed by atoms with Crippen molar-refractivity contribution in [2.24, 2.45) is 5.73 Å². The van der Waals surface area contributed by atoms with Crippen molar-refractivity contribution in [3.63, 3.8) is 0 Å². The lowest BCUT2D eigenvalue weighted by Gasteiger charge is -2.09. The molecule has 0 spiro atoms. The van der Waals surface area contributed by atoms with Crippen molar-refractivity contribution in [2.75, 3.05) is 6.26 Å². The van der Waals surface area contributed by atoms with Gasteiger partial charge in [0.05, 0.1) is 4.90 Å². The van der Waals surface area contributed by atoms with Crippen molar-refractivity contribution in [2.45, 2.75) is 11.4 Å². The van der Waals surface area contributed by atoms with E-state index in [4.69, 9.17) is 5.73 Å². The van der Waals surface area contributed by atoms with E-state index in [1.807, 2.05) is 48.5 Å². The molecule has 4 rings (SSSR count). The molecule has 0 unspecified atom stereocenters. The van der Waals surface area contributed by atoms with E-state index in [2.05, 4.69) is 17.1 Å². The number of hydrogen-bond donors (Lipinski definition) is 2. The summed E-state index contributed by atoms with van der Waals surface area (Å²) in [4.78, 5) is 3.70. The summed E-state index contributed by atoms with van der Waals surface area (Å²) in [6.07, 6.45) is 1.23. The van der Waals surface area contributed by atoms with E-state index in [-0.39, 0.29) is 0 Å². The molecule has 4 aromatic rings. The van der Waals surface area contributed by atoms with E-state index in [0.29, 0.717) is 17.0 Å². The molecule has 0 atom stereocenters. The number of rotatable bonds is 4. The van der Waals surface area contributed by atoms with E-state index >= 15 is 0 Å². The van der Waals surface area contributed by atoms with E-state index in [9.17, 15) is 8.42 Å². The van der Waals surface area contributed by atoms with Crippen LogP contribution in [0.3, 0.4) is 0 Å². The predicted octanol–water partition coefficient (Wildman–Crippen LogP) is 4.36. The molecule has 0 amide bonds. The highest BCUT2D eigenvalue weighted by Gasteiger charge is 2.17. The highest BCUT2D eigenvalue weighted by atomic mass is 32.2. The van der Waals surface area contributed by atoms with E-state index < -0.39 is 9.84 Å². The van der Waals surface area contributed by atoms with Gasteiger partial charge in [0.1, 0.15) is 0 Å². The van der Waals surface area contributed by atoms with Crippen LogP contribution in [0.2, 0.25) is 0 Å². The van der Waals surface area contributed by atoms with Crippen LogP contribution in [0.5, 0.6) is 0 Å². The van der Waals surface area contributed by atoms with Crippen molar-refractivity contribution in [1.82, 2.24) is 4.98 Å². The van der Waals surface area contributed by atoms with Gasteiger partial charge in [-0.05, 0) is 34.9 Å². The first-order chi connectivity index (χ1) is 13.0. The number of aromatic nitrogens is 1. The summed E-state index contributed by atoms with van der Waals surface area (Å²) < 4.78 is 24.4. The lowest BCUT2D eigenvalue weighted by atomic mass is 9.96. The van der Waals surface area contributed by atoms with E-state index in [1.54, 1.807) is 12.1 Å². The van der Waals surface area contributed by atoms with Crippen molar-refractivity contribution >= 4 is 20.7 Å². The molecule has 4 nitrogen and oxygen atoms in total. The molecule has 3 N–H and O–H groups in total. The molecule has 1 aromatic heterocycles. The van der Waals surface area contributed by atoms with Crippen LogP contribution in [0, 0.1) is 0 Å². The number of hydrogen-bond acceptors (Lipinski definition) is 3. The second-order valence-electron chi connectivity index (χ2n) is 6.58. The van der Waals surface area contributed by atoms with Gasteiger partial charge in [0.2, 0.25) is 0 Å². The van der Waals surface area contributed by atoms with Gasteiger partial charge in [0, 0.05) is 35.0 Å². The lowest BCUT2D eigenvalue weighted by molar-refractivity contribution is 0.602. The molecule has 0 radical (unpaired) electrons. The van der Waals surface area contributed by atoms with Gasteiger partial charge in [-0.25, -0.2) is 8.42 Å². The standard InChI is InChI=1S/C22H20N2O2S/c1-27(25,26)22-12-5-4-9-18(22)21-13-19-17(10-6-11-20(19)24-21)16-8-3-2-7-15(16)14-23/h2-13,24H,14,23H2,1H3. The van der Waals surface area contributed by atoms with E-state index in [1.165, 1.54) is 6.26 Å². The zero-order chi connectivity index (χ0) is 19.0. The Bertz CT molecular complexity index is 1240. The molecule has 5 heteroatoms. The van der Waals surface area contributed by atoms with Gasteiger partial charge in [0.15, 0.2) is 9.84 Å². The fourth-order valence-corrected chi connectivity index (χ4v) is 4.41. The second kappa shape index (κ2) is 6.68. The van der Waals surface area contributed by atoms with E-state index in [0.717, 1.165) is 33.3 Å². The quantitative estimate of drug-likeness (QED) is 0.555. The number of fused-ring (bicyclic) bond motifs is 1. The monoisotopic (exact) mass is 376 g/mol. The molecular weight excluding hydrogens is 356 g/mol. The van der Waals surface area contributed by atoms with Gasteiger partial charge in [-0.15, -0.1) is 0 Å². The minimum atomic E-state index is -3.33. The number of sulfone groups is 1. The first-order valence-corrected chi connectivity index (χ1v) is 10.6. The Kier molecular flexibility index (Phi) is 4.34. The van der Waals surface area contributed by atoms with Crippen LogP contribution in [-0.2, 0) is 16.4 Å². The molecule has 3 aromatic carbocycles. The van der Waals surface area contributed by atoms with Crippen molar-refractivity contribution in [3.8, 4) is 22.4 Å². The van der Waals surface area contributed by atoms with Gasteiger partial charge >= 0.3 is 0 Å². The maximum absolute atomic E-state index is 12.2. The topological polar surface area (TPSA) is 75.9 Å². The summed E-state index contributed by atoms with van der Waals surface area (Å²) in [6, 6.07) is 23.2. The Hall–Kier alpha value is -2.89. The highest BCUT2D eigenvalue weighted by Crippen LogP contribution is 2.35. The Morgan fingerprint density at radius 2 is 1.52 bits per heavy atom. The smallest absolute Gasteiger partial charge is 0.176 e. The fraction of sp³-hybridized carbons (Fsp3) is 0.0909. The molecule has 0 bridgehead atoms. The van der Waals surface area contributed by atoms with Crippen molar-refractivity contribution in [3.05, 3.63) is 78.4 Å². The Balaban J connectivity index is 1.96. The lowest BCUT2D eigenvalue weighted by Crippen LogP contribution is -1.99. The average molecular weight is 376 g/mol. The first-order valence-electron chi connectivity index (χ1n) is 8.68. The molecule has 0 saturated carbocycles. The molecule has 136 valence electrons. The Morgan fingerprint density at radius 3 is 2.26 bits per heavy atom.